The van der Waals surface area contributed by atoms with E-state index in [0.29, 0.717) is 0 Å². The largest absolute Gasteiger partial charge is 0.456 e. The van der Waals surface area contributed by atoms with Crippen LogP contribution in [0.15, 0.2) is 265 Å². The summed E-state index contributed by atoms with van der Waals surface area (Å²) in [6.07, 6.45) is 1.59. The van der Waals surface area contributed by atoms with Crippen molar-refractivity contribution < 1.29 is 4.42 Å². The number of para-hydroxylation sites is 2. The first-order chi connectivity index (χ1) is 38.7. The van der Waals surface area contributed by atoms with Crippen molar-refractivity contribution in [3.63, 3.8) is 0 Å². The highest BCUT2D eigenvalue weighted by Crippen LogP contribution is 2.52. The minimum atomic E-state index is -0.209. The Balaban J connectivity index is 1.09. The Kier molecular flexibility index (Phi) is 9.34. The summed E-state index contributed by atoms with van der Waals surface area (Å²) in [6.45, 7) is -0.209. The van der Waals surface area contributed by atoms with Gasteiger partial charge >= 0.3 is 6.85 Å². The molecule has 13 aromatic carbocycles. The third-order valence-corrected chi connectivity index (χ3v) is 17.2. The average Bonchev–Trinajstić information content (AvgIpc) is 4.04. The molecule has 2 aliphatic rings. The zero-order valence-electron chi connectivity index (χ0n) is 42.6. The van der Waals surface area contributed by atoms with Crippen molar-refractivity contribution in [3.05, 3.63) is 283 Å². The van der Waals surface area contributed by atoms with Crippen LogP contribution in [0.5, 0.6) is 0 Å². The van der Waals surface area contributed by atoms with Crippen LogP contribution >= 0.6 is 0 Å². The van der Waals surface area contributed by atoms with Crippen molar-refractivity contribution in [1.29, 1.82) is 0 Å². The Morgan fingerprint density at radius 3 is 1.56 bits per heavy atom. The van der Waals surface area contributed by atoms with Crippen LogP contribution in [0.1, 0.15) is 22.3 Å². The average molecular weight is 991 g/mol. The minimum absolute atomic E-state index is 0.209. The first-order valence-electron chi connectivity index (χ1n) is 27.3. The van der Waals surface area contributed by atoms with Crippen molar-refractivity contribution in [2.45, 2.75) is 12.8 Å². The number of rotatable bonds is 7. The van der Waals surface area contributed by atoms with E-state index in [1.165, 1.54) is 110 Å². The lowest BCUT2D eigenvalue weighted by Crippen LogP contribution is -2.56. The van der Waals surface area contributed by atoms with Gasteiger partial charge in [0.15, 0.2) is 0 Å². The van der Waals surface area contributed by atoms with E-state index in [-0.39, 0.29) is 6.85 Å². The third kappa shape index (κ3) is 6.35. The second-order valence-electron chi connectivity index (χ2n) is 21.4. The fourth-order valence-corrected chi connectivity index (χ4v) is 13.9. The van der Waals surface area contributed by atoms with Crippen molar-refractivity contribution in [1.82, 2.24) is 4.48 Å². The predicted octanol–water partition coefficient (Wildman–Crippen LogP) is 18.1. The quantitative estimate of drug-likeness (QED) is 0.117. The Hall–Kier alpha value is -9.90. The summed E-state index contributed by atoms with van der Waals surface area (Å²) < 4.78 is 9.88. The molecule has 2 aromatic heterocycles. The van der Waals surface area contributed by atoms with Gasteiger partial charge in [-0.2, -0.15) is 0 Å². The maximum Gasteiger partial charge on any atom is 0.333 e. The molecule has 0 unspecified atom stereocenters. The van der Waals surface area contributed by atoms with Gasteiger partial charge in [0, 0.05) is 61.3 Å². The number of hydrogen-bond acceptors (Lipinski definition) is 2. The lowest BCUT2D eigenvalue weighted by molar-refractivity contribution is 0.669. The smallest absolute Gasteiger partial charge is 0.333 e. The highest BCUT2D eigenvalue weighted by Gasteiger charge is 2.45. The third-order valence-electron chi connectivity index (χ3n) is 17.2. The zero-order valence-corrected chi connectivity index (χ0v) is 42.6. The first kappa shape index (κ1) is 43.4. The van der Waals surface area contributed by atoms with Crippen LogP contribution in [0.4, 0.5) is 17.1 Å². The van der Waals surface area contributed by atoms with Gasteiger partial charge in [-0.15, -0.1) is 0 Å². The maximum atomic E-state index is 7.15. The van der Waals surface area contributed by atoms with Crippen molar-refractivity contribution in [3.8, 4) is 33.4 Å². The van der Waals surface area contributed by atoms with Gasteiger partial charge in [-0.25, -0.2) is 0 Å². The number of aromatic nitrogens is 1. The summed E-state index contributed by atoms with van der Waals surface area (Å²) in [6, 6.07) is 97.2. The lowest BCUT2D eigenvalue weighted by atomic mass is 9.44. The van der Waals surface area contributed by atoms with Gasteiger partial charge in [0.25, 0.3) is 0 Å². The molecule has 0 N–H and O–H groups in total. The molecule has 4 heterocycles. The number of fused-ring (bicyclic) bond motifs is 15. The summed E-state index contributed by atoms with van der Waals surface area (Å²) in [7, 11) is 0. The van der Waals surface area contributed by atoms with Crippen LogP contribution in [0.3, 0.4) is 0 Å². The zero-order chi connectivity index (χ0) is 51.0. The molecule has 0 saturated carbocycles. The highest BCUT2D eigenvalue weighted by atomic mass is 16.3. The summed E-state index contributed by atoms with van der Waals surface area (Å²) in [5, 5.41) is 12.5. The highest BCUT2D eigenvalue weighted by molar-refractivity contribution is 6.90. The topological polar surface area (TPSA) is 21.3 Å². The van der Waals surface area contributed by atoms with Gasteiger partial charge in [-0.3, -0.25) is 0 Å². The standard InChI is InChI=1S/C74H47BN2O/c1-5-21-46(22-6-1)37-59-55-31-15-16-32-56(55)60(38-47-23-7-2-8-24-47)62-44-66-64(43-61(59)62)75-73-67(76(66)53-40-51(48-25-9-3-10-26-48)39-52(41-53)49-27-11-4-12-28-49)45-69-71(58-34-18-20-36-68(58)78-69)72(73)63-42-50-29-13-14-30-54(50)70-57-33-17-19-35-65(57)77(75)74(63)70/h1-36,39-45H,37-38H2. The van der Waals surface area contributed by atoms with Gasteiger partial charge in [0.1, 0.15) is 11.2 Å². The minimum Gasteiger partial charge on any atom is -0.456 e. The molecule has 0 radical (unpaired) electrons. The summed E-state index contributed by atoms with van der Waals surface area (Å²) in [4.78, 5) is 2.61. The molecule has 362 valence electrons. The molecule has 0 bridgehead atoms. The van der Waals surface area contributed by atoms with Crippen LogP contribution in [0.2, 0.25) is 0 Å². The predicted molar refractivity (Wildman–Crippen MR) is 329 cm³/mol. The number of nitrogens with zero attached hydrogens (tertiary/aromatic N) is 2. The lowest BCUT2D eigenvalue weighted by Gasteiger charge is -2.41. The molecule has 15 aromatic rings. The van der Waals surface area contributed by atoms with E-state index >= 15 is 0 Å². The normalized spacial score (nSPS) is 12.7. The number of anilines is 3. The molecule has 2 aliphatic heterocycles. The van der Waals surface area contributed by atoms with Crippen LogP contribution in [0, 0.1) is 0 Å². The van der Waals surface area contributed by atoms with Crippen LogP contribution in [-0.4, -0.2) is 11.3 Å². The molecule has 0 fully saturated rings. The molecule has 4 heteroatoms. The number of hydrogen-bond donors (Lipinski definition) is 0. The SMILES string of the molecule is c1ccc(Cc2c3ccccc3c(Cc3ccccc3)c3cc4c(cc23)B2c3c(cc5oc6ccccc6c5c3-c3cc5ccccc5c5c6ccccc6n2c35)N4c2cc(-c3ccccc3)cc(-c3ccccc3)c2)cc1. The molecule has 3 nitrogen and oxygen atoms in total. The van der Waals surface area contributed by atoms with E-state index in [1.54, 1.807) is 0 Å². The van der Waals surface area contributed by atoms with Crippen molar-refractivity contribution in [2.24, 2.45) is 0 Å². The molecule has 0 spiro atoms. The van der Waals surface area contributed by atoms with E-state index in [2.05, 4.69) is 270 Å². The Bertz CT molecular complexity index is 4910. The number of benzene rings is 13. The Morgan fingerprint density at radius 1 is 0.372 bits per heavy atom. The second-order valence-corrected chi connectivity index (χ2v) is 21.4. The molecule has 0 amide bonds. The van der Waals surface area contributed by atoms with Gasteiger partial charge in [0.05, 0.1) is 0 Å². The molecule has 0 atom stereocenters. The van der Waals surface area contributed by atoms with E-state index in [1.807, 2.05) is 0 Å². The van der Waals surface area contributed by atoms with Crippen LogP contribution in [0.25, 0.3) is 109 Å². The fourth-order valence-electron chi connectivity index (χ4n) is 13.9. The van der Waals surface area contributed by atoms with Crippen LogP contribution in [-0.2, 0) is 12.8 Å². The summed E-state index contributed by atoms with van der Waals surface area (Å²) in [5.41, 5.74) is 22.6. The van der Waals surface area contributed by atoms with E-state index in [9.17, 15) is 0 Å². The van der Waals surface area contributed by atoms with Gasteiger partial charge in [-0.1, -0.05) is 212 Å². The molecular weight excluding hydrogens is 944 g/mol. The fraction of sp³-hybridized carbons (Fsp3) is 0.0270. The summed E-state index contributed by atoms with van der Waals surface area (Å²) in [5.74, 6) is 0. The second kappa shape index (κ2) is 16.8. The van der Waals surface area contributed by atoms with E-state index < -0.39 is 0 Å². The number of furan rings is 1. The first-order valence-corrected chi connectivity index (χ1v) is 27.3. The summed E-state index contributed by atoms with van der Waals surface area (Å²) >= 11 is 0. The molecule has 0 saturated heterocycles. The molecule has 78 heavy (non-hydrogen) atoms. The molecule has 17 rings (SSSR count). The Morgan fingerprint density at radius 2 is 0.910 bits per heavy atom. The van der Waals surface area contributed by atoms with E-state index in [4.69, 9.17) is 4.42 Å². The van der Waals surface area contributed by atoms with Gasteiger partial charge in [-0.05, 0) is 149 Å². The molecule has 0 aliphatic carbocycles. The maximum absolute atomic E-state index is 7.15. The van der Waals surface area contributed by atoms with Crippen LogP contribution < -0.4 is 15.8 Å². The van der Waals surface area contributed by atoms with Gasteiger partial charge in [0.2, 0.25) is 0 Å². The van der Waals surface area contributed by atoms with Gasteiger partial charge < -0.3 is 13.8 Å². The van der Waals surface area contributed by atoms with E-state index in [0.717, 1.165) is 63.0 Å². The van der Waals surface area contributed by atoms with Crippen molar-refractivity contribution >= 4 is 111 Å². The van der Waals surface area contributed by atoms with Crippen molar-refractivity contribution in [2.75, 3.05) is 4.90 Å². The Labute approximate surface area is 451 Å². The molecular formula is C74H47BN2O. The monoisotopic (exact) mass is 990 g/mol.